The molecule has 0 unspecified atom stereocenters. The number of nitrogens with zero attached hydrogens (tertiary/aromatic N) is 1. The molecule has 0 aromatic heterocycles. The molecule has 0 aliphatic carbocycles. The van der Waals surface area contributed by atoms with Crippen molar-refractivity contribution in [1.82, 2.24) is 5.32 Å². The summed E-state index contributed by atoms with van der Waals surface area (Å²) in [5.74, 6) is 0. The van der Waals surface area contributed by atoms with Gasteiger partial charge in [-0.1, -0.05) is 12.1 Å². The molecule has 17 heavy (non-hydrogen) atoms. The molecular weight excluding hydrogens is 232 g/mol. The summed E-state index contributed by atoms with van der Waals surface area (Å²) < 4.78 is 0. The largest absolute Gasteiger partial charge is 0.329 e. The summed E-state index contributed by atoms with van der Waals surface area (Å²) >= 11 is 4.54. The summed E-state index contributed by atoms with van der Waals surface area (Å²) in [6, 6.07) is 7.94. The predicted octanol–water partition coefficient (Wildman–Crippen LogP) is 0.839. The fourth-order valence-electron chi connectivity index (χ4n) is 1.52. The standard InChI is InChI=1S/C12H18N4S/c13-5-6-15-8-11(14)7-10-1-3-12(4-2-10)16-9-17/h1-4,11,15H,5-8,13-14H2/t11-/m0/s1. The number of isothiocyanates is 1. The molecule has 0 bridgehead atoms. The van der Waals surface area contributed by atoms with E-state index in [0.717, 1.165) is 25.2 Å². The smallest absolute Gasteiger partial charge is 0.0739 e. The summed E-state index contributed by atoms with van der Waals surface area (Å²) in [6.45, 7) is 2.21. The first kappa shape index (κ1) is 14.0. The van der Waals surface area contributed by atoms with Crippen molar-refractivity contribution in [2.24, 2.45) is 16.5 Å². The second-order valence-electron chi connectivity index (χ2n) is 3.83. The Labute approximate surface area is 107 Å². The number of nitrogens with one attached hydrogen (secondary N) is 1. The Hall–Kier alpha value is -1.10. The Morgan fingerprint density at radius 2 is 2.06 bits per heavy atom. The average Bonchev–Trinajstić information content (AvgIpc) is 2.32. The van der Waals surface area contributed by atoms with E-state index in [2.05, 4.69) is 27.7 Å². The number of nitrogens with two attached hydrogens (primary N) is 2. The van der Waals surface area contributed by atoms with Gasteiger partial charge in [0, 0.05) is 25.7 Å². The first-order valence-corrected chi connectivity index (χ1v) is 6.00. The fraction of sp³-hybridized carbons (Fsp3) is 0.417. The van der Waals surface area contributed by atoms with E-state index in [9.17, 15) is 0 Å². The van der Waals surface area contributed by atoms with Gasteiger partial charge >= 0.3 is 0 Å². The van der Waals surface area contributed by atoms with E-state index < -0.39 is 0 Å². The third-order valence-electron chi connectivity index (χ3n) is 2.34. The molecule has 5 N–H and O–H groups in total. The molecule has 0 spiro atoms. The number of benzene rings is 1. The van der Waals surface area contributed by atoms with Gasteiger partial charge in [0.25, 0.3) is 0 Å². The zero-order valence-corrected chi connectivity index (χ0v) is 10.5. The molecule has 1 atom stereocenters. The van der Waals surface area contributed by atoms with Gasteiger partial charge in [0.1, 0.15) is 0 Å². The van der Waals surface area contributed by atoms with E-state index in [1.807, 2.05) is 24.3 Å². The SMILES string of the molecule is NCCNC[C@@H](N)Cc1ccc(N=C=S)cc1. The highest BCUT2D eigenvalue weighted by molar-refractivity contribution is 7.78. The summed E-state index contributed by atoms with van der Waals surface area (Å²) in [4.78, 5) is 3.89. The molecule has 0 fully saturated rings. The van der Waals surface area contributed by atoms with Crippen LogP contribution in [0.25, 0.3) is 0 Å². The minimum absolute atomic E-state index is 0.0985. The summed E-state index contributed by atoms with van der Waals surface area (Å²) in [5.41, 5.74) is 13.4. The van der Waals surface area contributed by atoms with Crippen LogP contribution in [-0.4, -0.2) is 30.8 Å². The highest BCUT2D eigenvalue weighted by Crippen LogP contribution is 2.13. The first-order chi connectivity index (χ1) is 8.26. The monoisotopic (exact) mass is 250 g/mol. The van der Waals surface area contributed by atoms with Crippen molar-refractivity contribution in [3.05, 3.63) is 29.8 Å². The van der Waals surface area contributed by atoms with Crippen LogP contribution in [-0.2, 0) is 6.42 Å². The minimum Gasteiger partial charge on any atom is -0.329 e. The van der Waals surface area contributed by atoms with Gasteiger partial charge in [-0.15, -0.1) is 0 Å². The summed E-state index contributed by atoms with van der Waals surface area (Å²) in [7, 11) is 0. The molecule has 4 nitrogen and oxygen atoms in total. The predicted molar refractivity (Wildman–Crippen MR) is 74.7 cm³/mol. The van der Waals surface area contributed by atoms with E-state index in [1.54, 1.807) is 0 Å². The number of hydrogen-bond acceptors (Lipinski definition) is 5. The number of rotatable bonds is 7. The highest BCUT2D eigenvalue weighted by atomic mass is 32.1. The zero-order chi connectivity index (χ0) is 12.5. The zero-order valence-electron chi connectivity index (χ0n) is 9.73. The second-order valence-corrected chi connectivity index (χ2v) is 4.01. The van der Waals surface area contributed by atoms with Crippen molar-refractivity contribution in [3.8, 4) is 0 Å². The molecule has 0 aliphatic heterocycles. The lowest BCUT2D eigenvalue weighted by atomic mass is 10.1. The average molecular weight is 250 g/mol. The molecule has 0 saturated carbocycles. The van der Waals surface area contributed by atoms with Crippen LogP contribution in [0.2, 0.25) is 0 Å². The summed E-state index contributed by atoms with van der Waals surface area (Å²) in [6.07, 6.45) is 0.832. The second kappa shape index (κ2) is 8.06. The van der Waals surface area contributed by atoms with Crippen molar-refractivity contribution in [2.45, 2.75) is 12.5 Å². The van der Waals surface area contributed by atoms with Crippen LogP contribution in [0.15, 0.2) is 29.3 Å². The van der Waals surface area contributed by atoms with E-state index in [-0.39, 0.29) is 6.04 Å². The molecule has 92 valence electrons. The lowest BCUT2D eigenvalue weighted by Gasteiger charge is -2.12. The Morgan fingerprint density at radius 1 is 1.35 bits per heavy atom. The first-order valence-electron chi connectivity index (χ1n) is 5.59. The number of hydrogen-bond donors (Lipinski definition) is 3. The van der Waals surface area contributed by atoms with Crippen molar-refractivity contribution in [2.75, 3.05) is 19.6 Å². The van der Waals surface area contributed by atoms with Crippen LogP contribution in [0.5, 0.6) is 0 Å². The molecule has 0 saturated heterocycles. The van der Waals surface area contributed by atoms with E-state index in [4.69, 9.17) is 11.5 Å². The van der Waals surface area contributed by atoms with Crippen molar-refractivity contribution < 1.29 is 0 Å². The maximum Gasteiger partial charge on any atom is 0.0739 e. The van der Waals surface area contributed by atoms with E-state index >= 15 is 0 Å². The van der Waals surface area contributed by atoms with Gasteiger partial charge in [0.2, 0.25) is 0 Å². The number of aliphatic imine (C=N–C) groups is 1. The van der Waals surface area contributed by atoms with Crippen molar-refractivity contribution >= 4 is 23.1 Å². The molecule has 0 amide bonds. The van der Waals surface area contributed by atoms with Gasteiger partial charge in [-0.05, 0) is 36.3 Å². The van der Waals surface area contributed by atoms with E-state index in [1.165, 1.54) is 5.56 Å². The minimum atomic E-state index is 0.0985. The van der Waals surface area contributed by atoms with Crippen LogP contribution in [0, 0.1) is 0 Å². The summed E-state index contributed by atoms with van der Waals surface area (Å²) in [5, 5.41) is 5.53. The fourth-order valence-corrected chi connectivity index (χ4v) is 1.63. The van der Waals surface area contributed by atoms with Crippen molar-refractivity contribution in [3.63, 3.8) is 0 Å². The maximum atomic E-state index is 5.99. The Bertz CT molecular complexity index is 371. The third kappa shape index (κ3) is 5.68. The van der Waals surface area contributed by atoms with Gasteiger partial charge in [-0.3, -0.25) is 0 Å². The molecule has 0 radical (unpaired) electrons. The molecule has 1 rings (SSSR count). The highest BCUT2D eigenvalue weighted by Gasteiger charge is 2.03. The van der Waals surface area contributed by atoms with Crippen LogP contribution in [0.4, 0.5) is 5.69 Å². The van der Waals surface area contributed by atoms with Crippen LogP contribution >= 0.6 is 12.2 Å². The lowest BCUT2D eigenvalue weighted by Crippen LogP contribution is -2.37. The Kier molecular flexibility index (Phi) is 6.62. The topological polar surface area (TPSA) is 76.4 Å². The molecule has 1 aromatic rings. The molecule has 0 aliphatic rings. The molecule has 1 aromatic carbocycles. The molecule has 5 heteroatoms. The van der Waals surface area contributed by atoms with Crippen LogP contribution < -0.4 is 16.8 Å². The van der Waals surface area contributed by atoms with Crippen LogP contribution in [0.1, 0.15) is 5.56 Å². The van der Waals surface area contributed by atoms with Gasteiger partial charge in [0.15, 0.2) is 0 Å². The van der Waals surface area contributed by atoms with Gasteiger partial charge < -0.3 is 16.8 Å². The lowest BCUT2D eigenvalue weighted by molar-refractivity contribution is 0.578. The van der Waals surface area contributed by atoms with Crippen LogP contribution in [0.3, 0.4) is 0 Å². The van der Waals surface area contributed by atoms with Crippen molar-refractivity contribution in [1.29, 1.82) is 0 Å². The third-order valence-corrected chi connectivity index (χ3v) is 2.43. The van der Waals surface area contributed by atoms with Gasteiger partial charge in [-0.2, -0.15) is 4.99 Å². The Balaban J connectivity index is 2.42. The molecular formula is C12H18N4S. The Morgan fingerprint density at radius 3 is 2.65 bits per heavy atom. The quantitative estimate of drug-likeness (QED) is 0.381. The normalized spacial score (nSPS) is 11.9. The van der Waals surface area contributed by atoms with Gasteiger partial charge in [-0.25, -0.2) is 0 Å². The number of thiocarbonyl (C=S) groups is 1. The van der Waals surface area contributed by atoms with Gasteiger partial charge in [0.05, 0.1) is 10.8 Å². The maximum absolute atomic E-state index is 5.99. The molecule has 0 heterocycles. The van der Waals surface area contributed by atoms with E-state index in [0.29, 0.717) is 6.54 Å².